The van der Waals surface area contributed by atoms with Crippen molar-refractivity contribution in [1.29, 1.82) is 0 Å². The summed E-state index contributed by atoms with van der Waals surface area (Å²) in [4.78, 5) is 4.10. The van der Waals surface area contributed by atoms with Crippen LogP contribution < -0.4 is 0 Å². The molecule has 0 amide bonds. The molecule has 0 heterocycles. The summed E-state index contributed by atoms with van der Waals surface area (Å²) in [5.74, 6) is -1.20. The van der Waals surface area contributed by atoms with E-state index in [1.807, 2.05) is 30.3 Å². The molecule has 0 N–H and O–H groups in total. The maximum atomic E-state index is 12.9. The second-order valence-electron chi connectivity index (χ2n) is 3.30. The van der Waals surface area contributed by atoms with Crippen LogP contribution in [0.3, 0.4) is 0 Å². The van der Waals surface area contributed by atoms with Gasteiger partial charge in [0.15, 0.2) is 0 Å². The van der Waals surface area contributed by atoms with E-state index in [0.717, 1.165) is 11.8 Å². The fourth-order valence-electron chi connectivity index (χ4n) is 1.31. The molecule has 2 rings (SSSR count). The van der Waals surface area contributed by atoms with Gasteiger partial charge in [0.05, 0.1) is 5.69 Å². The third kappa shape index (κ3) is 2.73. The van der Waals surface area contributed by atoms with Crippen LogP contribution in [0.1, 0.15) is 5.56 Å². The molecule has 80 valence electrons. The molecule has 0 fully saturated rings. The predicted molar refractivity (Wildman–Crippen MR) is 60.1 cm³/mol. The number of rotatable bonds is 2. The van der Waals surface area contributed by atoms with E-state index in [0.29, 0.717) is 5.56 Å². The molecule has 2 aromatic rings. The predicted octanol–water partition coefficient (Wildman–Crippen LogP) is 3.72. The number of benzene rings is 2. The second-order valence-corrected chi connectivity index (χ2v) is 3.30. The van der Waals surface area contributed by atoms with Crippen molar-refractivity contribution in [3.05, 3.63) is 65.7 Å². The molecule has 0 radical (unpaired) electrons. The van der Waals surface area contributed by atoms with Crippen LogP contribution in [0.15, 0.2) is 53.5 Å². The minimum atomic E-state index is -0.602. The molecule has 0 aliphatic rings. The Balaban J connectivity index is 2.24. The highest BCUT2D eigenvalue weighted by Crippen LogP contribution is 2.11. The fraction of sp³-hybridized carbons (Fsp3) is 0. The van der Waals surface area contributed by atoms with E-state index in [4.69, 9.17) is 0 Å². The van der Waals surface area contributed by atoms with Crippen molar-refractivity contribution in [3.63, 3.8) is 0 Å². The summed E-state index contributed by atoms with van der Waals surface area (Å²) in [6.07, 6.45) is 1.43. The van der Waals surface area contributed by atoms with Gasteiger partial charge in [-0.25, -0.2) is 8.78 Å². The van der Waals surface area contributed by atoms with Gasteiger partial charge in [-0.15, -0.1) is 0 Å². The maximum Gasteiger partial charge on any atom is 0.126 e. The van der Waals surface area contributed by atoms with Crippen LogP contribution >= 0.6 is 0 Å². The van der Waals surface area contributed by atoms with E-state index in [9.17, 15) is 8.78 Å². The van der Waals surface area contributed by atoms with E-state index < -0.39 is 11.6 Å². The van der Waals surface area contributed by atoms with Crippen molar-refractivity contribution < 1.29 is 8.78 Å². The van der Waals surface area contributed by atoms with Gasteiger partial charge < -0.3 is 0 Å². The lowest BCUT2D eigenvalue weighted by atomic mass is 10.2. The minimum Gasteiger partial charge on any atom is -0.256 e. The Kier molecular flexibility index (Phi) is 3.05. The summed E-state index contributed by atoms with van der Waals surface area (Å²) in [5, 5.41) is 0. The zero-order valence-electron chi connectivity index (χ0n) is 8.40. The molecule has 2 aromatic carbocycles. The highest BCUT2D eigenvalue weighted by atomic mass is 19.1. The maximum absolute atomic E-state index is 12.9. The van der Waals surface area contributed by atoms with Crippen LogP contribution in [0.4, 0.5) is 14.5 Å². The van der Waals surface area contributed by atoms with E-state index in [-0.39, 0.29) is 0 Å². The molecule has 1 nitrogen and oxygen atoms in total. The van der Waals surface area contributed by atoms with E-state index in [1.54, 1.807) is 0 Å². The summed E-state index contributed by atoms with van der Waals surface area (Å²) < 4.78 is 25.7. The van der Waals surface area contributed by atoms with E-state index in [1.165, 1.54) is 18.3 Å². The van der Waals surface area contributed by atoms with Gasteiger partial charge in [0, 0.05) is 12.3 Å². The largest absolute Gasteiger partial charge is 0.256 e. The van der Waals surface area contributed by atoms with Gasteiger partial charge in [-0.2, -0.15) is 0 Å². The summed E-state index contributed by atoms with van der Waals surface area (Å²) >= 11 is 0. The van der Waals surface area contributed by atoms with Crippen LogP contribution in [0.25, 0.3) is 0 Å². The molecule has 0 aliphatic heterocycles. The third-order valence-corrected chi connectivity index (χ3v) is 2.00. The first-order valence-corrected chi connectivity index (χ1v) is 4.79. The smallest absolute Gasteiger partial charge is 0.126 e. The molecule has 0 atom stereocenters. The lowest BCUT2D eigenvalue weighted by molar-refractivity contribution is 0.583. The standard InChI is InChI=1S/C13H9F2N/c14-11-6-10(7-12(15)8-11)9-16-13-4-2-1-3-5-13/h1-9H. The Bertz CT molecular complexity index is 486. The number of hydrogen-bond acceptors (Lipinski definition) is 1. The van der Waals surface area contributed by atoms with Gasteiger partial charge in [0.25, 0.3) is 0 Å². The van der Waals surface area contributed by atoms with E-state index in [2.05, 4.69) is 4.99 Å². The molecule has 0 saturated heterocycles. The van der Waals surface area contributed by atoms with Gasteiger partial charge in [-0.05, 0) is 29.8 Å². The lowest BCUT2D eigenvalue weighted by Gasteiger charge is -1.95. The van der Waals surface area contributed by atoms with Gasteiger partial charge in [-0.1, -0.05) is 18.2 Å². The van der Waals surface area contributed by atoms with Gasteiger partial charge in [0.2, 0.25) is 0 Å². The molecule has 0 aliphatic carbocycles. The molecule has 0 saturated carbocycles. The summed E-state index contributed by atoms with van der Waals surface area (Å²) in [6, 6.07) is 12.5. The molecule has 0 unspecified atom stereocenters. The number of halogens is 2. The minimum absolute atomic E-state index is 0.404. The van der Waals surface area contributed by atoms with Crippen LogP contribution in [0.2, 0.25) is 0 Å². The number of para-hydroxylation sites is 1. The second kappa shape index (κ2) is 4.66. The average Bonchev–Trinajstić information content (AvgIpc) is 2.27. The third-order valence-electron chi connectivity index (χ3n) is 2.00. The van der Waals surface area contributed by atoms with Gasteiger partial charge >= 0.3 is 0 Å². The molecular weight excluding hydrogens is 208 g/mol. The van der Waals surface area contributed by atoms with Crippen LogP contribution in [0, 0.1) is 11.6 Å². The van der Waals surface area contributed by atoms with Crippen molar-refractivity contribution >= 4 is 11.9 Å². The van der Waals surface area contributed by atoms with Crippen molar-refractivity contribution in [1.82, 2.24) is 0 Å². The molecule has 0 bridgehead atoms. The first-order chi connectivity index (χ1) is 7.74. The van der Waals surface area contributed by atoms with Crippen molar-refractivity contribution in [2.75, 3.05) is 0 Å². The SMILES string of the molecule is Fc1cc(F)cc(C=Nc2ccccc2)c1. The van der Waals surface area contributed by atoms with Crippen LogP contribution in [-0.4, -0.2) is 6.21 Å². The van der Waals surface area contributed by atoms with Crippen molar-refractivity contribution in [2.45, 2.75) is 0 Å². The lowest BCUT2D eigenvalue weighted by Crippen LogP contribution is -1.86. The Morgan fingerprint density at radius 3 is 2.12 bits per heavy atom. The quantitative estimate of drug-likeness (QED) is 0.680. The first kappa shape index (κ1) is 10.5. The zero-order valence-corrected chi connectivity index (χ0v) is 8.40. The number of hydrogen-bond donors (Lipinski definition) is 0. The first-order valence-electron chi connectivity index (χ1n) is 4.79. The highest BCUT2D eigenvalue weighted by Gasteiger charge is 1.97. The molecule has 3 heteroatoms. The van der Waals surface area contributed by atoms with Crippen LogP contribution in [-0.2, 0) is 0 Å². The Morgan fingerprint density at radius 1 is 0.875 bits per heavy atom. The zero-order chi connectivity index (χ0) is 11.4. The van der Waals surface area contributed by atoms with Crippen molar-refractivity contribution in [2.24, 2.45) is 4.99 Å². The van der Waals surface area contributed by atoms with Gasteiger partial charge in [0.1, 0.15) is 11.6 Å². The topological polar surface area (TPSA) is 12.4 Å². The summed E-state index contributed by atoms with van der Waals surface area (Å²) in [6.45, 7) is 0. The summed E-state index contributed by atoms with van der Waals surface area (Å²) in [7, 11) is 0. The number of nitrogens with zero attached hydrogens (tertiary/aromatic N) is 1. The molecule has 0 aromatic heterocycles. The van der Waals surface area contributed by atoms with E-state index >= 15 is 0 Å². The molecular formula is C13H9F2N. The van der Waals surface area contributed by atoms with Crippen LogP contribution in [0.5, 0.6) is 0 Å². The number of aliphatic imine (C=N–C) groups is 1. The Labute approximate surface area is 92.1 Å². The highest BCUT2D eigenvalue weighted by molar-refractivity contribution is 5.81. The Morgan fingerprint density at radius 2 is 1.50 bits per heavy atom. The fourth-order valence-corrected chi connectivity index (χ4v) is 1.31. The monoisotopic (exact) mass is 217 g/mol. The average molecular weight is 217 g/mol. The normalized spacial score (nSPS) is 10.9. The van der Waals surface area contributed by atoms with Crippen molar-refractivity contribution in [3.8, 4) is 0 Å². The Hall–Kier alpha value is -2.03. The molecule has 16 heavy (non-hydrogen) atoms. The summed E-state index contributed by atoms with van der Waals surface area (Å²) in [5.41, 5.74) is 1.15. The molecule has 0 spiro atoms. The van der Waals surface area contributed by atoms with Gasteiger partial charge in [-0.3, -0.25) is 4.99 Å².